The Balaban J connectivity index is 1.71. The largest absolute Gasteiger partial charge is 0.341 e. The zero-order valence-electron chi connectivity index (χ0n) is 14.5. The van der Waals surface area contributed by atoms with Crippen molar-refractivity contribution in [3.8, 4) is 0 Å². The first-order valence-electron chi connectivity index (χ1n) is 8.41. The van der Waals surface area contributed by atoms with Crippen molar-refractivity contribution in [2.75, 3.05) is 20.1 Å². The summed E-state index contributed by atoms with van der Waals surface area (Å²) >= 11 is 1.54. The summed E-state index contributed by atoms with van der Waals surface area (Å²) in [6.07, 6.45) is 4.04. The lowest BCUT2D eigenvalue weighted by Gasteiger charge is -2.32. The van der Waals surface area contributed by atoms with Gasteiger partial charge in [-0.25, -0.2) is 4.98 Å². The van der Waals surface area contributed by atoms with E-state index in [4.69, 9.17) is 0 Å². The molecule has 3 rings (SSSR count). The predicted molar refractivity (Wildman–Crippen MR) is 96.6 cm³/mol. The third kappa shape index (κ3) is 3.23. The third-order valence-corrected chi connectivity index (χ3v) is 6.02. The maximum absolute atomic E-state index is 12.6. The minimum atomic E-state index is -0.0404. The lowest BCUT2D eigenvalue weighted by atomic mass is 10.1. The minimum Gasteiger partial charge on any atom is -0.341 e. The van der Waals surface area contributed by atoms with Gasteiger partial charge in [0.15, 0.2) is 0 Å². The van der Waals surface area contributed by atoms with Crippen molar-refractivity contribution in [1.82, 2.24) is 19.8 Å². The average molecular weight is 348 g/mol. The highest BCUT2D eigenvalue weighted by atomic mass is 32.1. The number of rotatable bonds is 4. The first kappa shape index (κ1) is 17.1. The number of aryl methyl sites for hydroxylation is 3. The van der Waals surface area contributed by atoms with Crippen LogP contribution >= 0.6 is 11.3 Å². The Labute approximate surface area is 145 Å². The van der Waals surface area contributed by atoms with Gasteiger partial charge in [-0.05, 0) is 39.3 Å². The highest BCUT2D eigenvalue weighted by Crippen LogP contribution is 2.25. The van der Waals surface area contributed by atoms with Gasteiger partial charge in [0.25, 0.3) is 5.56 Å². The van der Waals surface area contributed by atoms with E-state index in [1.807, 2.05) is 25.8 Å². The van der Waals surface area contributed by atoms with E-state index >= 15 is 0 Å². The normalized spacial score (nSPS) is 18.3. The van der Waals surface area contributed by atoms with E-state index in [2.05, 4.69) is 10.3 Å². The van der Waals surface area contributed by atoms with Crippen molar-refractivity contribution in [2.24, 2.45) is 0 Å². The predicted octanol–water partition coefficient (Wildman–Crippen LogP) is 1.68. The van der Waals surface area contributed by atoms with Crippen molar-refractivity contribution in [1.29, 1.82) is 0 Å². The highest BCUT2D eigenvalue weighted by Gasteiger charge is 2.22. The van der Waals surface area contributed by atoms with Gasteiger partial charge in [-0.2, -0.15) is 0 Å². The summed E-state index contributed by atoms with van der Waals surface area (Å²) in [4.78, 5) is 33.3. The summed E-state index contributed by atoms with van der Waals surface area (Å²) in [5, 5.41) is 3.94. The van der Waals surface area contributed by atoms with Gasteiger partial charge in [0, 0.05) is 37.0 Å². The molecule has 130 valence electrons. The number of fused-ring (bicyclic) bond motifs is 1. The molecule has 1 aliphatic rings. The average Bonchev–Trinajstić information content (AvgIpc) is 2.89. The van der Waals surface area contributed by atoms with Gasteiger partial charge in [-0.1, -0.05) is 0 Å². The second kappa shape index (κ2) is 7.03. The third-order valence-electron chi connectivity index (χ3n) is 4.90. The highest BCUT2D eigenvalue weighted by molar-refractivity contribution is 7.18. The fourth-order valence-electron chi connectivity index (χ4n) is 3.24. The van der Waals surface area contributed by atoms with Crippen LogP contribution in [0.15, 0.2) is 11.1 Å². The topological polar surface area (TPSA) is 67.2 Å². The molecule has 6 nitrogen and oxygen atoms in total. The lowest BCUT2D eigenvalue weighted by Crippen LogP contribution is -2.47. The van der Waals surface area contributed by atoms with E-state index in [0.29, 0.717) is 24.4 Å². The maximum Gasteiger partial charge on any atom is 0.262 e. The second-order valence-corrected chi connectivity index (χ2v) is 7.63. The van der Waals surface area contributed by atoms with Gasteiger partial charge in [-0.15, -0.1) is 11.3 Å². The number of piperidine rings is 1. The van der Waals surface area contributed by atoms with E-state index in [9.17, 15) is 9.59 Å². The summed E-state index contributed by atoms with van der Waals surface area (Å²) in [6.45, 7) is 5.91. The molecule has 1 atom stereocenters. The van der Waals surface area contributed by atoms with Crippen LogP contribution < -0.4 is 10.9 Å². The molecule has 0 radical (unpaired) electrons. The van der Waals surface area contributed by atoms with Crippen LogP contribution in [0, 0.1) is 13.8 Å². The summed E-state index contributed by atoms with van der Waals surface area (Å²) in [5.41, 5.74) is 0.961. The smallest absolute Gasteiger partial charge is 0.262 e. The van der Waals surface area contributed by atoms with E-state index in [1.54, 1.807) is 22.2 Å². The molecule has 0 aliphatic carbocycles. The molecule has 1 aliphatic heterocycles. The molecule has 1 saturated heterocycles. The Morgan fingerprint density at radius 1 is 1.46 bits per heavy atom. The number of carbonyl (C=O) groups is 1. The molecule has 1 fully saturated rings. The number of nitrogens with one attached hydrogen (secondary N) is 1. The molecule has 2 aromatic rings. The quantitative estimate of drug-likeness (QED) is 0.913. The number of nitrogens with zero attached hydrogens (tertiary/aromatic N) is 3. The van der Waals surface area contributed by atoms with Crippen LogP contribution in [-0.4, -0.2) is 46.5 Å². The molecule has 7 heteroatoms. The van der Waals surface area contributed by atoms with Crippen LogP contribution in [0.4, 0.5) is 0 Å². The molecule has 0 saturated carbocycles. The summed E-state index contributed by atoms with van der Waals surface area (Å²) < 4.78 is 1.57. The number of likely N-dealkylation sites (N-methyl/N-ethyl adjacent to an activating group) is 1. The van der Waals surface area contributed by atoms with Crippen LogP contribution in [-0.2, 0) is 11.3 Å². The molecule has 1 amide bonds. The Morgan fingerprint density at radius 3 is 3.00 bits per heavy atom. The number of hydrogen-bond donors (Lipinski definition) is 1. The van der Waals surface area contributed by atoms with Crippen LogP contribution in [0.3, 0.4) is 0 Å². The fraction of sp³-hybridized carbons (Fsp3) is 0.588. The zero-order valence-corrected chi connectivity index (χ0v) is 15.3. The molecular weight excluding hydrogens is 324 g/mol. The second-order valence-electron chi connectivity index (χ2n) is 6.42. The summed E-state index contributed by atoms with van der Waals surface area (Å²) in [5.74, 6) is 0.111. The van der Waals surface area contributed by atoms with E-state index < -0.39 is 0 Å². The number of aromatic nitrogens is 2. The van der Waals surface area contributed by atoms with Gasteiger partial charge < -0.3 is 10.2 Å². The molecular formula is C17H24N4O2S. The van der Waals surface area contributed by atoms with Crippen molar-refractivity contribution in [3.05, 3.63) is 27.1 Å². The van der Waals surface area contributed by atoms with E-state index in [-0.39, 0.29) is 11.5 Å². The Bertz CT molecular complexity index is 811. The number of amides is 1. The van der Waals surface area contributed by atoms with Crippen molar-refractivity contribution >= 4 is 27.5 Å². The number of hydrogen-bond acceptors (Lipinski definition) is 5. The Morgan fingerprint density at radius 2 is 2.25 bits per heavy atom. The molecule has 0 aromatic carbocycles. The first-order valence-corrected chi connectivity index (χ1v) is 9.23. The molecule has 3 heterocycles. The zero-order chi connectivity index (χ0) is 17.3. The first-order chi connectivity index (χ1) is 11.5. The fourth-order valence-corrected chi connectivity index (χ4v) is 4.23. The van der Waals surface area contributed by atoms with Gasteiger partial charge >= 0.3 is 0 Å². The SMILES string of the molecule is CNC1CCCN(C(=O)CCn2cnc3sc(C)c(C)c3c2=O)C1. The molecule has 1 N–H and O–H groups in total. The van der Waals surface area contributed by atoms with E-state index in [1.165, 1.54) is 0 Å². The lowest BCUT2D eigenvalue weighted by molar-refractivity contribution is -0.132. The number of carbonyl (C=O) groups excluding carboxylic acids is 1. The number of thiophene rings is 1. The van der Waals surface area contributed by atoms with Crippen LogP contribution in [0.1, 0.15) is 29.7 Å². The van der Waals surface area contributed by atoms with Crippen LogP contribution in [0.2, 0.25) is 0 Å². The molecule has 1 unspecified atom stereocenters. The van der Waals surface area contributed by atoms with Crippen molar-refractivity contribution in [3.63, 3.8) is 0 Å². The maximum atomic E-state index is 12.6. The summed E-state index contributed by atoms with van der Waals surface area (Å²) in [7, 11) is 1.93. The minimum absolute atomic E-state index is 0.0404. The Kier molecular flexibility index (Phi) is 5.01. The van der Waals surface area contributed by atoms with Gasteiger partial charge in [0.1, 0.15) is 4.83 Å². The molecule has 24 heavy (non-hydrogen) atoms. The van der Waals surface area contributed by atoms with E-state index in [0.717, 1.165) is 41.2 Å². The standard InChI is InChI=1S/C17H24N4O2S/c1-11-12(2)24-16-15(11)17(23)21(10-19-16)8-6-14(22)20-7-4-5-13(9-20)18-3/h10,13,18H,4-9H2,1-3H3. The van der Waals surface area contributed by atoms with Crippen LogP contribution in [0.5, 0.6) is 0 Å². The number of likely N-dealkylation sites (tertiary alicyclic amines) is 1. The van der Waals surface area contributed by atoms with Crippen molar-refractivity contribution in [2.45, 2.75) is 45.7 Å². The van der Waals surface area contributed by atoms with Gasteiger partial charge in [-0.3, -0.25) is 14.2 Å². The summed E-state index contributed by atoms with van der Waals surface area (Å²) in [6, 6.07) is 0.375. The van der Waals surface area contributed by atoms with Gasteiger partial charge in [0.2, 0.25) is 5.91 Å². The van der Waals surface area contributed by atoms with Gasteiger partial charge in [0.05, 0.1) is 11.7 Å². The molecule has 0 bridgehead atoms. The molecule has 2 aromatic heterocycles. The molecule has 0 spiro atoms. The Hall–Kier alpha value is -1.73. The monoisotopic (exact) mass is 348 g/mol. The van der Waals surface area contributed by atoms with Crippen LogP contribution in [0.25, 0.3) is 10.2 Å². The van der Waals surface area contributed by atoms with Crippen molar-refractivity contribution < 1.29 is 4.79 Å².